The van der Waals surface area contributed by atoms with Crippen molar-refractivity contribution in [3.05, 3.63) is 27.1 Å². The first-order valence-corrected chi connectivity index (χ1v) is 5.71. The third-order valence-corrected chi connectivity index (χ3v) is 2.43. The molecule has 0 aliphatic rings. The number of ether oxygens (including phenoxy) is 1. The Morgan fingerprint density at radius 3 is 2.81 bits per heavy atom. The number of hydrogen-bond acceptors (Lipinski definition) is 3. The number of esters is 1. The van der Waals surface area contributed by atoms with Crippen LogP contribution in [0.2, 0.25) is 0 Å². The lowest BCUT2D eigenvalue weighted by atomic mass is 10.1. The highest BCUT2D eigenvalue weighted by atomic mass is 127. The zero-order chi connectivity index (χ0) is 12.1. The minimum absolute atomic E-state index is 0.169. The van der Waals surface area contributed by atoms with Gasteiger partial charge in [0.2, 0.25) is 0 Å². The predicted molar refractivity (Wildman–Crippen MR) is 62.2 cm³/mol. The first-order chi connectivity index (χ1) is 7.54. The molecule has 0 saturated heterocycles. The van der Waals surface area contributed by atoms with Crippen molar-refractivity contribution in [2.24, 2.45) is 0 Å². The van der Waals surface area contributed by atoms with Gasteiger partial charge in [0, 0.05) is 0 Å². The molecule has 0 bridgehead atoms. The quantitative estimate of drug-likeness (QED) is 0.480. The third-order valence-electron chi connectivity index (χ3n) is 1.83. The van der Waals surface area contributed by atoms with Crippen LogP contribution in [0.5, 0.6) is 0 Å². The molecule has 3 nitrogen and oxygen atoms in total. The van der Waals surface area contributed by atoms with E-state index in [1.807, 2.05) is 22.6 Å². The van der Waals surface area contributed by atoms with E-state index in [-0.39, 0.29) is 24.3 Å². The Hall–Kier alpha value is -0.790. The van der Waals surface area contributed by atoms with Gasteiger partial charge in [-0.05, 0) is 41.1 Å². The molecule has 0 fully saturated rings. The van der Waals surface area contributed by atoms with Gasteiger partial charge in [0.15, 0.2) is 0 Å². The molecule has 6 heteroatoms. The lowest BCUT2D eigenvalue weighted by Crippen LogP contribution is -2.10. The second-order valence-corrected chi connectivity index (χ2v) is 4.07. The van der Waals surface area contributed by atoms with Crippen molar-refractivity contribution < 1.29 is 18.3 Å². The van der Waals surface area contributed by atoms with Crippen LogP contribution in [0, 0.1) is 3.70 Å². The van der Waals surface area contributed by atoms with Crippen molar-refractivity contribution in [3.8, 4) is 0 Å². The third kappa shape index (κ3) is 3.66. The van der Waals surface area contributed by atoms with Gasteiger partial charge < -0.3 is 4.74 Å². The van der Waals surface area contributed by atoms with E-state index in [9.17, 15) is 13.6 Å². The fourth-order valence-electron chi connectivity index (χ4n) is 1.18. The van der Waals surface area contributed by atoms with E-state index in [2.05, 4.69) is 4.98 Å². The molecular formula is C10H10F2INO2. The Balaban J connectivity index is 2.90. The number of aromatic nitrogens is 1. The van der Waals surface area contributed by atoms with Crippen molar-refractivity contribution in [1.29, 1.82) is 0 Å². The summed E-state index contributed by atoms with van der Waals surface area (Å²) in [6.07, 6.45) is -2.85. The predicted octanol–water partition coefficient (Wildman–Crippen LogP) is 2.73. The molecule has 0 amide bonds. The van der Waals surface area contributed by atoms with Gasteiger partial charge in [-0.25, -0.2) is 13.8 Å². The van der Waals surface area contributed by atoms with Crippen LogP contribution >= 0.6 is 22.6 Å². The topological polar surface area (TPSA) is 39.2 Å². The molecule has 0 N–H and O–H groups in total. The second kappa shape index (κ2) is 6.07. The molecule has 0 aliphatic carbocycles. The number of carbonyl (C=O) groups is 1. The maximum absolute atomic E-state index is 12.6. The fourth-order valence-corrected chi connectivity index (χ4v) is 1.62. The highest BCUT2D eigenvalue weighted by Crippen LogP contribution is 2.22. The monoisotopic (exact) mass is 341 g/mol. The highest BCUT2D eigenvalue weighted by Gasteiger charge is 2.17. The maximum Gasteiger partial charge on any atom is 0.310 e. The van der Waals surface area contributed by atoms with Gasteiger partial charge in [-0.15, -0.1) is 0 Å². The lowest BCUT2D eigenvalue weighted by Gasteiger charge is -2.07. The standard InChI is InChI=1S/C10H10F2INO2/c1-2-16-8(15)5-6-3-4-7(13)14-9(6)10(11)12/h3-4,10H,2,5H2,1H3. The normalized spacial score (nSPS) is 10.6. The van der Waals surface area contributed by atoms with Crippen LogP contribution < -0.4 is 0 Å². The van der Waals surface area contributed by atoms with Crippen LogP contribution in [-0.2, 0) is 16.0 Å². The van der Waals surface area contributed by atoms with Crippen molar-refractivity contribution >= 4 is 28.6 Å². The van der Waals surface area contributed by atoms with Crippen LogP contribution in [0.4, 0.5) is 8.78 Å². The average Bonchev–Trinajstić information content (AvgIpc) is 2.20. The molecule has 0 unspecified atom stereocenters. The van der Waals surface area contributed by atoms with Crippen molar-refractivity contribution in [2.75, 3.05) is 6.61 Å². The van der Waals surface area contributed by atoms with E-state index in [1.54, 1.807) is 13.0 Å². The molecule has 16 heavy (non-hydrogen) atoms. The number of halogens is 3. The molecule has 0 saturated carbocycles. The molecule has 1 rings (SSSR count). The van der Waals surface area contributed by atoms with Crippen molar-refractivity contribution in [2.45, 2.75) is 19.8 Å². The molecule has 1 aromatic rings. The Kier molecular flexibility index (Phi) is 5.04. The lowest BCUT2D eigenvalue weighted by molar-refractivity contribution is -0.142. The van der Waals surface area contributed by atoms with E-state index in [0.29, 0.717) is 3.70 Å². The summed E-state index contributed by atoms with van der Waals surface area (Å²) in [6.45, 7) is 1.90. The second-order valence-electron chi connectivity index (χ2n) is 2.96. The molecule has 1 aromatic heterocycles. The van der Waals surface area contributed by atoms with E-state index < -0.39 is 12.4 Å². The molecule has 0 spiro atoms. The number of rotatable bonds is 4. The fraction of sp³-hybridized carbons (Fsp3) is 0.400. The maximum atomic E-state index is 12.6. The van der Waals surface area contributed by atoms with Gasteiger partial charge in [0.25, 0.3) is 6.43 Å². The van der Waals surface area contributed by atoms with Gasteiger partial charge in [0.1, 0.15) is 9.39 Å². The number of nitrogens with zero attached hydrogens (tertiary/aromatic N) is 1. The summed E-state index contributed by atoms with van der Waals surface area (Å²) in [7, 11) is 0. The Morgan fingerprint density at radius 1 is 1.56 bits per heavy atom. The summed E-state index contributed by atoms with van der Waals surface area (Å²) in [5.74, 6) is -0.521. The van der Waals surface area contributed by atoms with Gasteiger partial charge in [0.05, 0.1) is 13.0 Å². The summed E-state index contributed by atoms with van der Waals surface area (Å²) in [5.41, 5.74) is -0.131. The highest BCUT2D eigenvalue weighted by molar-refractivity contribution is 14.1. The van der Waals surface area contributed by atoms with Crippen LogP contribution in [0.3, 0.4) is 0 Å². The van der Waals surface area contributed by atoms with Crippen LogP contribution in [0.15, 0.2) is 12.1 Å². The molecule has 0 atom stereocenters. The van der Waals surface area contributed by atoms with Crippen molar-refractivity contribution in [1.82, 2.24) is 4.98 Å². The Bertz CT molecular complexity index is 385. The van der Waals surface area contributed by atoms with E-state index in [0.717, 1.165) is 0 Å². The summed E-state index contributed by atoms with van der Waals surface area (Å²) in [5, 5.41) is 0. The zero-order valence-electron chi connectivity index (χ0n) is 8.54. The zero-order valence-corrected chi connectivity index (χ0v) is 10.7. The molecule has 0 aliphatic heterocycles. The van der Waals surface area contributed by atoms with Gasteiger partial charge >= 0.3 is 5.97 Å². The first kappa shape index (κ1) is 13.3. The minimum atomic E-state index is -2.68. The summed E-state index contributed by atoms with van der Waals surface area (Å²) >= 11 is 1.85. The summed E-state index contributed by atoms with van der Waals surface area (Å²) < 4.78 is 30.4. The largest absolute Gasteiger partial charge is 0.466 e. The number of hydrogen-bond donors (Lipinski definition) is 0. The Morgan fingerprint density at radius 2 is 2.25 bits per heavy atom. The molecule has 0 radical (unpaired) electrons. The van der Waals surface area contributed by atoms with Gasteiger partial charge in [-0.2, -0.15) is 0 Å². The van der Waals surface area contributed by atoms with Crippen molar-refractivity contribution in [3.63, 3.8) is 0 Å². The average molecular weight is 341 g/mol. The minimum Gasteiger partial charge on any atom is -0.466 e. The van der Waals surface area contributed by atoms with E-state index in [1.165, 1.54) is 6.07 Å². The van der Waals surface area contributed by atoms with Gasteiger partial charge in [-0.3, -0.25) is 4.79 Å². The number of alkyl halides is 2. The smallest absolute Gasteiger partial charge is 0.310 e. The first-order valence-electron chi connectivity index (χ1n) is 4.63. The summed E-state index contributed by atoms with van der Waals surface area (Å²) in [6, 6.07) is 3.06. The van der Waals surface area contributed by atoms with Crippen LogP contribution in [0.25, 0.3) is 0 Å². The number of carbonyl (C=O) groups excluding carboxylic acids is 1. The number of pyridine rings is 1. The van der Waals surface area contributed by atoms with E-state index >= 15 is 0 Å². The summed E-state index contributed by atoms with van der Waals surface area (Å²) in [4.78, 5) is 14.9. The van der Waals surface area contributed by atoms with Gasteiger partial charge in [-0.1, -0.05) is 6.07 Å². The van der Waals surface area contributed by atoms with E-state index in [4.69, 9.17) is 4.74 Å². The molecule has 0 aromatic carbocycles. The molecular weight excluding hydrogens is 331 g/mol. The SMILES string of the molecule is CCOC(=O)Cc1ccc(I)nc1C(F)F. The van der Waals surface area contributed by atoms with Crippen LogP contribution in [-0.4, -0.2) is 17.6 Å². The molecule has 88 valence electrons. The van der Waals surface area contributed by atoms with Crippen LogP contribution in [0.1, 0.15) is 24.6 Å². The Labute approximate surface area is 105 Å². The molecule has 1 heterocycles.